The fourth-order valence-electron chi connectivity index (χ4n) is 3.33. The summed E-state index contributed by atoms with van der Waals surface area (Å²) in [5.41, 5.74) is 2.48. The summed E-state index contributed by atoms with van der Waals surface area (Å²) in [6, 6.07) is 2.01. The lowest BCUT2D eigenvalue weighted by atomic mass is 9.69. The van der Waals surface area contributed by atoms with Crippen LogP contribution in [0.3, 0.4) is 0 Å². The molecule has 0 atom stereocenters. The summed E-state index contributed by atoms with van der Waals surface area (Å²) in [6.07, 6.45) is 6.96. The molecular weight excluding hydrogens is 240 g/mol. The molecule has 2 aliphatic rings. The molecule has 5 heteroatoms. The Kier molecular flexibility index (Phi) is 2.14. The molecule has 1 amide bonds. The second-order valence-electron chi connectivity index (χ2n) is 5.22. The van der Waals surface area contributed by atoms with E-state index in [2.05, 4.69) is 20.3 Å². The molecular formula is C14H14N4O. The molecule has 0 radical (unpaired) electrons. The molecule has 1 fully saturated rings. The minimum absolute atomic E-state index is 0.00444. The third-order valence-electron chi connectivity index (χ3n) is 4.28. The molecule has 4 rings (SSSR count). The van der Waals surface area contributed by atoms with Crippen LogP contribution in [0, 0.1) is 0 Å². The van der Waals surface area contributed by atoms with Gasteiger partial charge in [0, 0.05) is 29.6 Å². The lowest BCUT2D eigenvalue weighted by molar-refractivity contribution is -0.124. The van der Waals surface area contributed by atoms with E-state index < -0.39 is 5.41 Å². The van der Waals surface area contributed by atoms with E-state index in [4.69, 9.17) is 0 Å². The number of piperidine rings is 1. The van der Waals surface area contributed by atoms with E-state index in [0.717, 1.165) is 48.1 Å². The largest absolute Gasteiger partial charge is 0.346 e. The number of carbonyl (C=O) groups excluding carboxylic acids is 1. The van der Waals surface area contributed by atoms with Crippen LogP contribution in [0.2, 0.25) is 0 Å². The van der Waals surface area contributed by atoms with Gasteiger partial charge in [0.2, 0.25) is 0 Å². The maximum absolute atomic E-state index is 12.4. The number of nitrogens with one attached hydrogen (secondary N) is 2. The van der Waals surface area contributed by atoms with Crippen molar-refractivity contribution in [1.82, 2.24) is 15.3 Å². The Morgan fingerprint density at radius 3 is 2.95 bits per heavy atom. The van der Waals surface area contributed by atoms with Gasteiger partial charge in [-0.2, -0.15) is 0 Å². The predicted molar refractivity (Wildman–Crippen MR) is 72.5 cm³/mol. The van der Waals surface area contributed by atoms with Crippen molar-refractivity contribution in [3.63, 3.8) is 0 Å². The summed E-state index contributed by atoms with van der Waals surface area (Å²) in [5, 5.41) is 4.38. The van der Waals surface area contributed by atoms with Crippen molar-refractivity contribution in [2.24, 2.45) is 4.99 Å². The fourth-order valence-corrected chi connectivity index (χ4v) is 3.33. The molecule has 96 valence electrons. The first-order chi connectivity index (χ1) is 9.31. The lowest BCUT2D eigenvalue weighted by Gasteiger charge is -2.38. The highest BCUT2D eigenvalue weighted by atomic mass is 16.1. The van der Waals surface area contributed by atoms with E-state index in [0.29, 0.717) is 0 Å². The van der Waals surface area contributed by atoms with Crippen LogP contribution in [0.25, 0.3) is 11.0 Å². The van der Waals surface area contributed by atoms with Crippen molar-refractivity contribution >= 4 is 23.2 Å². The average Bonchev–Trinajstić information content (AvgIpc) is 2.92. The second-order valence-corrected chi connectivity index (χ2v) is 5.22. The third kappa shape index (κ3) is 1.36. The van der Waals surface area contributed by atoms with Crippen LogP contribution in [0.4, 0.5) is 0 Å². The van der Waals surface area contributed by atoms with Gasteiger partial charge in [-0.05, 0) is 37.6 Å². The molecule has 2 aromatic rings. The minimum Gasteiger partial charge on any atom is -0.346 e. The zero-order valence-corrected chi connectivity index (χ0v) is 10.4. The highest BCUT2D eigenvalue weighted by molar-refractivity contribution is 6.07. The van der Waals surface area contributed by atoms with Gasteiger partial charge in [0.1, 0.15) is 5.65 Å². The van der Waals surface area contributed by atoms with Crippen molar-refractivity contribution in [1.29, 1.82) is 0 Å². The number of hydrogen-bond acceptors (Lipinski definition) is 3. The molecule has 1 spiro atoms. The van der Waals surface area contributed by atoms with Crippen LogP contribution < -0.4 is 5.32 Å². The van der Waals surface area contributed by atoms with Gasteiger partial charge in [-0.25, -0.2) is 9.98 Å². The summed E-state index contributed by atoms with van der Waals surface area (Å²) in [6.45, 7) is 1.71. The number of aromatic nitrogens is 2. The Balaban J connectivity index is 2.06. The average molecular weight is 254 g/mol. The maximum Gasteiger partial charge on any atom is 0.256 e. The summed E-state index contributed by atoms with van der Waals surface area (Å²) in [5.74, 6) is -0.00444. The first kappa shape index (κ1) is 10.9. The van der Waals surface area contributed by atoms with Crippen molar-refractivity contribution in [2.45, 2.75) is 18.3 Å². The highest BCUT2D eigenvalue weighted by Crippen LogP contribution is 2.41. The third-order valence-corrected chi connectivity index (χ3v) is 4.28. The fraction of sp³-hybridized carbons (Fsp3) is 0.357. The van der Waals surface area contributed by atoms with Crippen molar-refractivity contribution in [3.05, 3.63) is 29.6 Å². The number of fused-ring (bicyclic) bond motifs is 4. The van der Waals surface area contributed by atoms with E-state index >= 15 is 0 Å². The summed E-state index contributed by atoms with van der Waals surface area (Å²) < 4.78 is 0. The van der Waals surface area contributed by atoms with Gasteiger partial charge in [0.25, 0.3) is 5.91 Å². The van der Waals surface area contributed by atoms with Crippen molar-refractivity contribution in [2.75, 3.05) is 13.1 Å². The second kappa shape index (κ2) is 3.74. The van der Waals surface area contributed by atoms with Crippen molar-refractivity contribution < 1.29 is 4.79 Å². The first-order valence-corrected chi connectivity index (χ1v) is 6.57. The molecule has 5 nitrogen and oxygen atoms in total. The van der Waals surface area contributed by atoms with Crippen LogP contribution in [-0.2, 0) is 10.2 Å². The molecule has 2 aliphatic heterocycles. The minimum atomic E-state index is -0.460. The summed E-state index contributed by atoms with van der Waals surface area (Å²) >= 11 is 0. The quantitative estimate of drug-likeness (QED) is 0.740. The zero-order valence-electron chi connectivity index (χ0n) is 10.4. The van der Waals surface area contributed by atoms with Crippen molar-refractivity contribution in [3.8, 4) is 0 Å². The number of aliphatic imine (C=N–C) groups is 1. The Morgan fingerprint density at radius 1 is 1.26 bits per heavy atom. The van der Waals surface area contributed by atoms with E-state index in [-0.39, 0.29) is 5.91 Å². The molecule has 1 saturated heterocycles. The van der Waals surface area contributed by atoms with Gasteiger partial charge < -0.3 is 10.3 Å². The first-order valence-electron chi connectivity index (χ1n) is 6.57. The number of H-pyrrole nitrogens is 1. The summed E-state index contributed by atoms with van der Waals surface area (Å²) in [7, 11) is 0. The maximum atomic E-state index is 12.4. The molecule has 0 bridgehead atoms. The van der Waals surface area contributed by atoms with E-state index in [9.17, 15) is 4.79 Å². The normalized spacial score (nSPS) is 20.9. The number of hydrogen-bond donors (Lipinski definition) is 2. The Labute approximate surface area is 110 Å². The molecule has 4 heterocycles. The van der Waals surface area contributed by atoms with Gasteiger partial charge in [0.15, 0.2) is 0 Å². The van der Waals surface area contributed by atoms with Crippen LogP contribution >= 0.6 is 0 Å². The standard InChI is InChI=1S/C14H14N4O/c19-13-14(2-5-15-6-3-14)11-9(8-18-13)7-17-12-10(11)1-4-16-12/h1,4,7-8,15H,2-3,5-6H2,(H,16,17). The van der Waals surface area contributed by atoms with Crippen LogP contribution in [0.1, 0.15) is 24.0 Å². The molecule has 0 aromatic carbocycles. The predicted octanol–water partition coefficient (Wildman–Crippen LogP) is 1.14. The topological polar surface area (TPSA) is 70.1 Å². The zero-order chi connectivity index (χ0) is 12.9. The molecule has 0 unspecified atom stereocenters. The monoisotopic (exact) mass is 254 g/mol. The molecule has 19 heavy (non-hydrogen) atoms. The van der Waals surface area contributed by atoms with Gasteiger partial charge in [0.05, 0.1) is 5.41 Å². The van der Waals surface area contributed by atoms with Gasteiger partial charge >= 0.3 is 0 Å². The number of nitrogens with zero attached hydrogens (tertiary/aromatic N) is 2. The van der Waals surface area contributed by atoms with E-state index in [1.165, 1.54) is 0 Å². The highest BCUT2D eigenvalue weighted by Gasteiger charge is 2.45. The van der Waals surface area contributed by atoms with Gasteiger partial charge in [-0.1, -0.05) is 0 Å². The van der Waals surface area contributed by atoms with Crippen LogP contribution in [0.15, 0.2) is 23.5 Å². The Bertz CT molecular complexity index is 695. The molecule has 2 aromatic heterocycles. The van der Waals surface area contributed by atoms with E-state index in [1.54, 1.807) is 6.21 Å². The number of amides is 1. The van der Waals surface area contributed by atoms with Crippen LogP contribution in [0.5, 0.6) is 0 Å². The number of pyridine rings is 1. The molecule has 0 aliphatic carbocycles. The number of rotatable bonds is 0. The Hall–Kier alpha value is -2.01. The summed E-state index contributed by atoms with van der Waals surface area (Å²) in [4.78, 5) is 24.0. The molecule has 0 saturated carbocycles. The van der Waals surface area contributed by atoms with Gasteiger partial charge in [-0.15, -0.1) is 0 Å². The smallest absolute Gasteiger partial charge is 0.256 e. The van der Waals surface area contributed by atoms with Gasteiger partial charge in [-0.3, -0.25) is 4.79 Å². The van der Waals surface area contributed by atoms with E-state index in [1.807, 2.05) is 18.5 Å². The van der Waals surface area contributed by atoms with Crippen LogP contribution in [-0.4, -0.2) is 35.2 Å². The SMILES string of the molecule is O=C1N=Cc2cnc3[nH]ccc3c2C12CCNCC2. The lowest BCUT2D eigenvalue weighted by Crippen LogP contribution is -2.47. The number of aromatic amines is 1. The number of carbonyl (C=O) groups is 1. The molecule has 2 N–H and O–H groups in total. The Morgan fingerprint density at radius 2 is 2.11 bits per heavy atom.